The van der Waals surface area contributed by atoms with Crippen LogP contribution in [0.3, 0.4) is 0 Å². The van der Waals surface area contributed by atoms with Crippen LogP contribution >= 0.6 is 0 Å². The minimum atomic E-state index is -0.488. The maximum Gasteiger partial charge on any atom is 0.273 e. The van der Waals surface area contributed by atoms with Gasteiger partial charge in [-0.25, -0.2) is 0 Å². The van der Waals surface area contributed by atoms with Crippen LogP contribution in [0.4, 0.5) is 5.69 Å². The number of benzene rings is 2. The molecule has 0 saturated carbocycles. The number of ether oxygens (including phenoxy) is 1. The number of carbonyl (C=O) groups is 1. The van der Waals surface area contributed by atoms with Crippen LogP contribution in [0.25, 0.3) is 0 Å². The first kappa shape index (κ1) is 19.8. The van der Waals surface area contributed by atoms with Crippen molar-refractivity contribution in [3.63, 3.8) is 0 Å². The summed E-state index contributed by atoms with van der Waals surface area (Å²) in [5.74, 6) is 0.112. The summed E-state index contributed by atoms with van der Waals surface area (Å²) in [6.45, 7) is 4.79. The molecule has 7 heteroatoms. The van der Waals surface area contributed by atoms with Crippen molar-refractivity contribution in [2.24, 2.45) is 0 Å². The molecule has 1 amide bonds. The Labute approximate surface area is 164 Å². The molecule has 2 aromatic carbocycles. The van der Waals surface area contributed by atoms with E-state index in [1.165, 1.54) is 29.3 Å². The zero-order chi connectivity index (χ0) is 19.9. The minimum absolute atomic E-state index is 0.0565. The lowest BCUT2D eigenvalue weighted by Gasteiger charge is -2.32. The Hall–Kier alpha value is -2.93. The molecule has 1 fully saturated rings. The van der Waals surface area contributed by atoms with E-state index in [9.17, 15) is 14.9 Å². The van der Waals surface area contributed by atoms with Crippen molar-refractivity contribution in [2.45, 2.75) is 32.4 Å². The molecule has 0 atom stereocenters. The predicted octanol–water partition coefficient (Wildman–Crippen LogP) is 3.06. The van der Waals surface area contributed by atoms with Gasteiger partial charge in [-0.1, -0.05) is 30.3 Å². The minimum Gasteiger partial charge on any atom is -0.484 e. The van der Waals surface area contributed by atoms with E-state index in [2.05, 4.69) is 41.4 Å². The number of nitro benzene ring substituents is 1. The molecule has 7 nitrogen and oxygen atoms in total. The molecule has 0 aromatic heterocycles. The van der Waals surface area contributed by atoms with E-state index < -0.39 is 4.92 Å². The van der Waals surface area contributed by atoms with Gasteiger partial charge in [0.05, 0.1) is 11.0 Å². The third kappa shape index (κ3) is 5.53. The fraction of sp³-hybridized carbons (Fsp3) is 0.381. The number of piperidine rings is 1. The van der Waals surface area contributed by atoms with Crippen molar-refractivity contribution in [1.82, 2.24) is 10.2 Å². The van der Waals surface area contributed by atoms with Gasteiger partial charge in [-0.05, 0) is 37.0 Å². The van der Waals surface area contributed by atoms with Gasteiger partial charge in [0.15, 0.2) is 6.61 Å². The van der Waals surface area contributed by atoms with E-state index in [1.807, 2.05) is 0 Å². The molecule has 1 aliphatic heterocycles. The second-order valence-corrected chi connectivity index (χ2v) is 7.09. The number of nitro groups is 1. The average Bonchev–Trinajstić information content (AvgIpc) is 2.70. The summed E-state index contributed by atoms with van der Waals surface area (Å²) in [6, 6.07) is 14.4. The number of amides is 1. The fourth-order valence-electron chi connectivity index (χ4n) is 3.37. The first-order chi connectivity index (χ1) is 13.5. The molecule has 1 saturated heterocycles. The molecule has 0 spiro atoms. The number of nitrogens with zero attached hydrogens (tertiary/aromatic N) is 2. The molecule has 0 bridgehead atoms. The Kier molecular flexibility index (Phi) is 6.60. The Morgan fingerprint density at radius 2 is 1.96 bits per heavy atom. The van der Waals surface area contributed by atoms with Gasteiger partial charge < -0.3 is 10.1 Å². The SMILES string of the molecule is Cc1ccccc1CN1CCC(NC(=O)COc2cccc([N+](=O)[O-])c2)CC1. The van der Waals surface area contributed by atoms with Crippen molar-refractivity contribution in [1.29, 1.82) is 0 Å². The zero-order valence-corrected chi connectivity index (χ0v) is 16.0. The van der Waals surface area contributed by atoms with E-state index >= 15 is 0 Å². The fourth-order valence-corrected chi connectivity index (χ4v) is 3.37. The number of non-ortho nitro benzene ring substituents is 1. The van der Waals surface area contributed by atoms with Crippen molar-refractivity contribution in [3.8, 4) is 5.75 Å². The van der Waals surface area contributed by atoms with E-state index in [4.69, 9.17) is 4.74 Å². The number of likely N-dealkylation sites (tertiary alicyclic amines) is 1. The van der Waals surface area contributed by atoms with E-state index in [0.29, 0.717) is 5.75 Å². The van der Waals surface area contributed by atoms with Crippen molar-refractivity contribution >= 4 is 11.6 Å². The van der Waals surface area contributed by atoms with Crippen LogP contribution in [-0.4, -0.2) is 41.5 Å². The van der Waals surface area contributed by atoms with Gasteiger partial charge in [-0.2, -0.15) is 0 Å². The number of hydrogen-bond acceptors (Lipinski definition) is 5. The highest BCUT2D eigenvalue weighted by Crippen LogP contribution is 2.19. The van der Waals surface area contributed by atoms with Gasteiger partial charge in [0.2, 0.25) is 0 Å². The standard InChI is InChI=1S/C21H25N3O4/c1-16-5-2-3-6-17(16)14-23-11-9-18(10-12-23)22-21(25)15-28-20-8-4-7-19(13-20)24(26)27/h2-8,13,18H,9-12,14-15H2,1H3,(H,22,25). The van der Waals surface area contributed by atoms with Crippen molar-refractivity contribution in [2.75, 3.05) is 19.7 Å². The number of nitrogens with one attached hydrogen (secondary N) is 1. The Balaban J connectivity index is 1.41. The molecule has 1 heterocycles. The molecule has 1 N–H and O–H groups in total. The summed E-state index contributed by atoms with van der Waals surface area (Å²) in [6.07, 6.45) is 1.79. The van der Waals surface area contributed by atoms with Gasteiger partial charge in [-0.3, -0.25) is 19.8 Å². The first-order valence-corrected chi connectivity index (χ1v) is 9.45. The van der Waals surface area contributed by atoms with Crippen LogP contribution in [-0.2, 0) is 11.3 Å². The van der Waals surface area contributed by atoms with Crippen LogP contribution < -0.4 is 10.1 Å². The Bertz CT molecular complexity index is 832. The van der Waals surface area contributed by atoms with Crippen molar-refractivity contribution < 1.29 is 14.5 Å². The lowest BCUT2D eigenvalue weighted by molar-refractivity contribution is -0.384. The normalized spacial score (nSPS) is 15.2. The highest BCUT2D eigenvalue weighted by Gasteiger charge is 2.21. The van der Waals surface area contributed by atoms with Crippen LogP contribution in [0.2, 0.25) is 0 Å². The molecule has 28 heavy (non-hydrogen) atoms. The summed E-state index contributed by atoms with van der Waals surface area (Å²) in [5, 5.41) is 13.8. The summed E-state index contributed by atoms with van der Waals surface area (Å²) >= 11 is 0. The lowest BCUT2D eigenvalue weighted by Crippen LogP contribution is -2.45. The highest BCUT2D eigenvalue weighted by molar-refractivity contribution is 5.77. The number of rotatable bonds is 7. The predicted molar refractivity (Wildman–Crippen MR) is 106 cm³/mol. The smallest absolute Gasteiger partial charge is 0.273 e. The Morgan fingerprint density at radius 1 is 1.21 bits per heavy atom. The largest absolute Gasteiger partial charge is 0.484 e. The molecule has 0 aliphatic carbocycles. The molecule has 148 valence electrons. The summed E-state index contributed by atoms with van der Waals surface area (Å²) in [5.41, 5.74) is 2.59. The first-order valence-electron chi connectivity index (χ1n) is 9.45. The maximum absolute atomic E-state index is 12.1. The second-order valence-electron chi connectivity index (χ2n) is 7.09. The third-order valence-corrected chi connectivity index (χ3v) is 5.01. The van der Waals surface area contributed by atoms with E-state index in [-0.39, 0.29) is 24.2 Å². The average molecular weight is 383 g/mol. The van der Waals surface area contributed by atoms with Crippen LogP contribution in [0.5, 0.6) is 5.75 Å². The summed E-state index contributed by atoms with van der Waals surface area (Å²) < 4.78 is 5.39. The molecule has 0 radical (unpaired) electrons. The summed E-state index contributed by atoms with van der Waals surface area (Å²) in [7, 11) is 0. The van der Waals surface area contributed by atoms with Gasteiger partial charge in [0.25, 0.3) is 11.6 Å². The quantitative estimate of drug-likeness (QED) is 0.587. The Morgan fingerprint density at radius 3 is 2.68 bits per heavy atom. The van der Waals surface area contributed by atoms with Crippen LogP contribution in [0.15, 0.2) is 48.5 Å². The van der Waals surface area contributed by atoms with Gasteiger partial charge in [0.1, 0.15) is 5.75 Å². The van der Waals surface area contributed by atoms with Gasteiger partial charge in [0, 0.05) is 31.7 Å². The highest BCUT2D eigenvalue weighted by atomic mass is 16.6. The number of aryl methyl sites for hydroxylation is 1. The van der Waals surface area contributed by atoms with Crippen LogP contribution in [0.1, 0.15) is 24.0 Å². The molecular formula is C21H25N3O4. The topological polar surface area (TPSA) is 84.7 Å². The van der Waals surface area contributed by atoms with E-state index in [1.54, 1.807) is 6.07 Å². The maximum atomic E-state index is 12.1. The van der Waals surface area contributed by atoms with Gasteiger partial charge in [-0.15, -0.1) is 0 Å². The zero-order valence-electron chi connectivity index (χ0n) is 16.0. The molecule has 1 aliphatic rings. The number of hydrogen-bond donors (Lipinski definition) is 1. The molecule has 0 unspecified atom stereocenters. The second kappa shape index (κ2) is 9.32. The van der Waals surface area contributed by atoms with Crippen molar-refractivity contribution in [3.05, 3.63) is 69.8 Å². The van der Waals surface area contributed by atoms with Crippen LogP contribution in [0, 0.1) is 17.0 Å². The lowest BCUT2D eigenvalue weighted by atomic mass is 10.0. The summed E-state index contributed by atoms with van der Waals surface area (Å²) in [4.78, 5) is 24.8. The molecule has 2 aromatic rings. The molecule has 3 rings (SSSR count). The van der Waals surface area contributed by atoms with E-state index in [0.717, 1.165) is 32.5 Å². The monoisotopic (exact) mass is 383 g/mol. The third-order valence-electron chi connectivity index (χ3n) is 5.01. The number of carbonyl (C=O) groups excluding carboxylic acids is 1. The molecular weight excluding hydrogens is 358 g/mol. The van der Waals surface area contributed by atoms with Gasteiger partial charge >= 0.3 is 0 Å².